The Morgan fingerprint density at radius 1 is 0.879 bits per heavy atom. The number of nitrogens with one attached hydrogen (secondary N) is 3. The molecule has 0 amide bonds. The zero-order chi connectivity index (χ0) is 22.9. The SMILES string of the molecule is COc1cc2nc(Nc3ccc(F)cc3F)nc(Nc3ccc4[nH]ncc4c3)c2cc1OC. The van der Waals surface area contributed by atoms with E-state index in [-0.39, 0.29) is 11.6 Å². The first-order valence-electron chi connectivity index (χ1n) is 9.90. The summed E-state index contributed by atoms with van der Waals surface area (Å²) in [5, 5.41) is 14.6. The van der Waals surface area contributed by atoms with Gasteiger partial charge < -0.3 is 20.1 Å². The molecule has 0 saturated carbocycles. The quantitative estimate of drug-likeness (QED) is 0.325. The molecule has 5 aromatic rings. The second-order valence-corrected chi connectivity index (χ2v) is 7.17. The minimum absolute atomic E-state index is 0.0435. The Labute approximate surface area is 186 Å². The summed E-state index contributed by atoms with van der Waals surface area (Å²) in [6, 6.07) is 12.4. The first-order valence-corrected chi connectivity index (χ1v) is 9.90. The van der Waals surface area contributed by atoms with Gasteiger partial charge in [-0.25, -0.2) is 13.8 Å². The number of anilines is 4. The number of nitrogens with zero attached hydrogens (tertiary/aromatic N) is 3. The molecule has 0 spiro atoms. The Kier molecular flexibility index (Phi) is 5.09. The van der Waals surface area contributed by atoms with Gasteiger partial charge in [0.15, 0.2) is 11.5 Å². The molecule has 0 unspecified atom stereocenters. The van der Waals surface area contributed by atoms with Crippen LogP contribution in [-0.2, 0) is 0 Å². The van der Waals surface area contributed by atoms with Crippen LogP contribution in [0.2, 0.25) is 0 Å². The van der Waals surface area contributed by atoms with Crippen molar-refractivity contribution in [3.8, 4) is 11.5 Å². The normalized spacial score (nSPS) is 11.0. The first kappa shape index (κ1) is 20.4. The Morgan fingerprint density at radius 2 is 1.70 bits per heavy atom. The molecule has 2 heterocycles. The fourth-order valence-electron chi connectivity index (χ4n) is 3.48. The highest BCUT2D eigenvalue weighted by Crippen LogP contribution is 2.36. The van der Waals surface area contributed by atoms with Crippen LogP contribution in [0.3, 0.4) is 0 Å². The minimum atomic E-state index is -0.758. The van der Waals surface area contributed by atoms with Crippen LogP contribution in [0.5, 0.6) is 11.5 Å². The Balaban J connectivity index is 1.63. The molecular weight excluding hydrogens is 430 g/mol. The van der Waals surface area contributed by atoms with E-state index in [1.165, 1.54) is 20.3 Å². The van der Waals surface area contributed by atoms with Crippen LogP contribution in [0.1, 0.15) is 0 Å². The summed E-state index contributed by atoms with van der Waals surface area (Å²) >= 11 is 0. The van der Waals surface area contributed by atoms with Crippen molar-refractivity contribution in [3.63, 3.8) is 0 Å². The molecule has 0 atom stereocenters. The molecule has 3 aromatic carbocycles. The monoisotopic (exact) mass is 448 g/mol. The van der Waals surface area contributed by atoms with E-state index in [1.807, 2.05) is 18.2 Å². The van der Waals surface area contributed by atoms with Crippen molar-refractivity contribution in [2.24, 2.45) is 0 Å². The van der Waals surface area contributed by atoms with Gasteiger partial charge in [0.1, 0.15) is 17.5 Å². The third kappa shape index (κ3) is 3.93. The van der Waals surface area contributed by atoms with Gasteiger partial charge in [-0.05, 0) is 36.4 Å². The molecule has 3 N–H and O–H groups in total. The molecule has 33 heavy (non-hydrogen) atoms. The average molecular weight is 448 g/mol. The van der Waals surface area contributed by atoms with Gasteiger partial charge in [0.25, 0.3) is 0 Å². The molecule has 0 fully saturated rings. The number of H-pyrrole nitrogens is 1. The van der Waals surface area contributed by atoms with Crippen molar-refractivity contribution in [2.75, 3.05) is 24.9 Å². The number of aromatic nitrogens is 4. The topological polar surface area (TPSA) is 97.0 Å². The average Bonchev–Trinajstić information content (AvgIpc) is 3.28. The van der Waals surface area contributed by atoms with Crippen LogP contribution in [0.25, 0.3) is 21.8 Å². The second kappa shape index (κ2) is 8.23. The van der Waals surface area contributed by atoms with Crippen LogP contribution in [0, 0.1) is 11.6 Å². The van der Waals surface area contributed by atoms with Crippen LogP contribution in [-0.4, -0.2) is 34.4 Å². The lowest BCUT2D eigenvalue weighted by Crippen LogP contribution is -2.04. The Bertz CT molecular complexity index is 1490. The van der Waals surface area contributed by atoms with Crippen molar-refractivity contribution in [3.05, 3.63) is 66.4 Å². The van der Waals surface area contributed by atoms with Gasteiger partial charge in [0.2, 0.25) is 5.95 Å². The lowest BCUT2D eigenvalue weighted by Gasteiger charge is -2.15. The molecule has 10 heteroatoms. The van der Waals surface area contributed by atoms with E-state index in [2.05, 4.69) is 30.8 Å². The van der Waals surface area contributed by atoms with E-state index in [0.717, 1.165) is 28.7 Å². The number of ether oxygens (including phenoxy) is 2. The lowest BCUT2D eigenvalue weighted by molar-refractivity contribution is 0.356. The van der Waals surface area contributed by atoms with Crippen molar-refractivity contribution in [2.45, 2.75) is 0 Å². The minimum Gasteiger partial charge on any atom is -0.493 e. The van der Waals surface area contributed by atoms with Crippen LogP contribution in [0.15, 0.2) is 54.7 Å². The van der Waals surface area contributed by atoms with Crippen molar-refractivity contribution < 1.29 is 18.3 Å². The van der Waals surface area contributed by atoms with Crippen molar-refractivity contribution >= 4 is 44.9 Å². The Morgan fingerprint density at radius 3 is 2.48 bits per heavy atom. The van der Waals surface area contributed by atoms with E-state index in [9.17, 15) is 8.78 Å². The van der Waals surface area contributed by atoms with E-state index >= 15 is 0 Å². The number of fused-ring (bicyclic) bond motifs is 2. The Hall–Kier alpha value is -4.47. The number of hydrogen-bond donors (Lipinski definition) is 3. The van der Waals surface area contributed by atoms with Crippen LogP contribution < -0.4 is 20.1 Å². The highest BCUT2D eigenvalue weighted by molar-refractivity contribution is 5.95. The molecule has 0 aliphatic carbocycles. The standard InChI is InChI=1S/C23H18F2N6O2/c1-32-20-9-15-19(10-21(20)33-2)29-23(28-18-5-3-13(24)8-16(18)25)30-22(15)27-14-4-6-17-12(7-14)11-26-31-17/h3-11H,1-2H3,(H,26,31)(H2,27,28,29,30). The maximum Gasteiger partial charge on any atom is 0.229 e. The van der Waals surface area contributed by atoms with Crippen LogP contribution in [0.4, 0.5) is 31.9 Å². The molecule has 0 aliphatic heterocycles. The van der Waals surface area contributed by atoms with E-state index in [4.69, 9.17) is 9.47 Å². The number of benzene rings is 3. The predicted octanol–water partition coefficient (Wildman–Crippen LogP) is 5.29. The molecule has 5 rings (SSSR count). The van der Waals surface area contributed by atoms with E-state index in [0.29, 0.717) is 28.2 Å². The van der Waals surface area contributed by atoms with Gasteiger partial charge in [-0.2, -0.15) is 10.1 Å². The third-order valence-electron chi connectivity index (χ3n) is 5.08. The van der Waals surface area contributed by atoms with Crippen molar-refractivity contribution in [1.82, 2.24) is 20.2 Å². The molecule has 0 bridgehead atoms. The molecule has 166 valence electrons. The van der Waals surface area contributed by atoms with Gasteiger partial charge in [0.05, 0.1) is 37.1 Å². The molecule has 2 aromatic heterocycles. The molecule has 8 nitrogen and oxygen atoms in total. The summed E-state index contributed by atoms with van der Waals surface area (Å²) in [6.45, 7) is 0. The number of aromatic amines is 1. The van der Waals surface area contributed by atoms with Gasteiger partial charge in [-0.1, -0.05) is 0 Å². The fourth-order valence-corrected chi connectivity index (χ4v) is 3.48. The van der Waals surface area contributed by atoms with Gasteiger partial charge in [-0.3, -0.25) is 5.10 Å². The lowest BCUT2D eigenvalue weighted by atomic mass is 10.2. The van der Waals surface area contributed by atoms with Crippen LogP contribution >= 0.6 is 0 Å². The predicted molar refractivity (Wildman–Crippen MR) is 122 cm³/mol. The maximum atomic E-state index is 14.2. The second-order valence-electron chi connectivity index (χ2n) is 7.17. The summed E-state index contributed by atoms with van der Waals surface area (Å²) in [6.07, 6.45) is 1.72. The number of rotatable bonds is 6. The first-order chi connectivity index (χ1) is 16.0. The van der Waals surface area contributed by atoms with Gasteiger partial charge in [0, 0.05) is 28.6 Å². The van der Waals surface area contributed by atoms with Crippen molar-refractivity contribution in [1.29, 1.82) is 0 Å². The van der Waals surface area contributed by atoms with Gasteiger partial charge in [-0.15, -0.1) is 0 Å². The summed E-state index contributed by atoms with van der Waals surface area (Å²) in [5.41, 5.74) is 2.23. The zero-order valence-electron chi connectivity index (χ0n) is 17.6. The molecule has 0 saturated heterocycles. The fraction of sp³-hybridized carbons (Fsp3) is 0.0870. The third-order valence-corrected chi connectivity index (χ3v) is 5.08. The number of methoxy groups -OCH3 is 2. The van der Waals surface area contributed by atoms with E-state index < -0.39 is 11.6 Å². The highest BCUT2D eigenvalue weighted by Gasteiger charge is 2.15. The van der Waals surface area contributed by atoms with E-state index in [1.54, 1.807) is 18.3 Å². The molecule has 0 aliphatic rings. The summed E-state index contributed by atoms with van der Waals surface area (Å²) in [4.78, 5) is 9.03. The van der Waals surface area contributed by atoms with Gasteiger partial charge >= 0.3 is 0 Å². The summed E-state index contributed by atoms with van der Waals surface area (Å²) < 4.78 is 38.3. The smallest absolute Gasteiger partial charge is 0.229 e. The maximum absolute atomic E-state index is 14.2. The highest BCUT2D eigenvalue weighted by atomic mass is 19.1. The molecular formula is C23H18F2N6O2. The largest absolute Gasteiger partial charge is 0.493 e. The number of halogens is 2. The summed E-state index contributed by atoms with van der Waals surface area (Å²) in [7, 11) is 3.06. The summed E-state index contributed by atoms with van der Waals surface area (Å²) in [5.74, 6) is 0.124. The zero-order valence-corrected chi connectivity index (χ0v) is 17.6. The number of hydrogen-bond acceptors (Lipinski definition) is 7. The molecule has 0 radical (unpaired) electrons.